The Labute approximate surface area is 216 Å². The molecule has 1 N–H and O–H groups in total. The number of nitrogens with zero attached hydrogens (tertiary/aromatic N) is 3. The lowest BCUT2D eigenvalue weighted by molar-refractivity contribution is -0.144. The van der Waals surface area contributed by atoms with Crippen molar-refractivity contribution in [1.29, 1.82) is 0 Å². The fraction of sp³-hybridized carbons (Fsp3) is 0.143. The Morgan fingerprint density at radius 2 is 1.76 bits per heavy atom. The molecule has 0 saturated heterocycles. The molecule has 0 aliphatic heterocycles. The van der Waals surface area contributed by atoms with Crippen LogP contribution in [0.2, 0.25) is 0 Å². The smallest absolute Gasteiger partial charge is 0.344 e. The van der Waals surface area contributed by atoms with Gasteiger partial charge in [-0.05, 0) is 49.4 Å². The summed E-state index contributed by atoms with van der Waals surface area (Å²) in [6, 6.07) is 19.1. The molecule has 10 nitrogen and oxygen atoms in total. The number of carboxylic acid groups (broad SMARTS) is 1. The minimum Gasteiger partial charge on any atom is -0.496 e. The van der Waals surface area contributed by atoms with Crippen LogP contribution >= 0.6 is 0 Å². The predicted molar refractivity (Wildman–Crippen MR) is 141 cm³/mol. The molecule has 10 heteroatoms. The van der Waals surface area contributed by atoms with Crippen LogP contribution < -0.4 is 19.8 Å². The van der Waals surface area contributed by atoms with Crippen molar-refractivity contribution in [3.8, 4) is 28.8 Å². The number of hydrogen-bond donors (Lipinski definition) is 1. The molecule has 0 aliphatic carbocycles. The van der Waals surface area contributed by atoms with Crippen molar-refractivity contribution >= 4 is 34.1 Å². The van der Waals surface area contributed by atoms with Crippen molar-refractivity contribution in [3.63, 3.8) is 0 Å². The van der Waals surface area contributed by atoms with E-state index in [1.54, 1.807) is 67.8 Å². The van der Waals surface area contributed by atoms with Crippen LogP contribution in [-0.2, 0) is 4.79 Å². The highest BCUT2D eigenvalue weighted by Crippen LogP contribution is 2.34. The van der Waals surface area contributed by atoms with E-state index in [0.717, 1.165) is 4.68 Å². The molecule has 0 aliphatic rings. The number of carboxylic acids is 1. The van der Waals surface area contributed by atoms with Gasteiger partial charge < -0.3 is 23.7 Å². The standard InChI is InChI=1S/C28H23N3O7/c1-16(28(33)34)37-25-17(8-6-13-23(25)36-3)15-29-31-26(30-20-10-5-4-9-18(20)27(31)32)24-14-19-21(35-2)11-7-12-22(19)38-24/h4-16H,1-3H3,(H,33,34)/t16-/m0/s1. The van der Waals surface area contributed by atoms with Crippen molar-refractivity contribution in [2.24, 2.45) is 5.10 Å². The summed E-state index contributed by atoms with van der Waals surface area (Å²) in [6.45, 7) is 1.40. The highest BCUT2D eigenvalue weighted by molar-refractivity contribution is 5.89. The van der Waals surface area contributed by atoms with Gasteiger partial charge in [0.2, 0.25) is 5.82 Å². The Balaban J connectivity index is 1.70. The van der Waals surface area contributed by atoms with E-state index >= 15 is 0 Å². The Morgan fingerprint density at radius 1 is 1.03 bits per heavy atom. The van der Waals surface area contributed by atoms with Gasteiger partial charge in [-0.25, -0.2) is 9.78 Å². The van der Waals surface area contributed by atoms with E-state index in [1.165, 1.54) is 20.2 Å². The number of furan rings is 1. The average molecular weight is 514 g/mol. The van der Waals surface area contributed by atoms with Crippen LogP contribution in [0.25, 0.3) is 33.5 Å². The lowest BCUT2D eigenvalue weighted by atomic mass is 10.2. The van der Waals surface area contributed by atoms with Gasteiger partial charge >= 0.3 is 5.97 Å². The van der Waals surface area contributed by atoms with E-state index in [0.29, 0.717) is 44.7 Å². The topological polar surface area (TPSA) is 125 Å². The first-order valence-corrected chi connectivity index (χ1v) is 11.6. The molecule has 0 bridgehead atoms. The van der Waals surface area contributed by atoms with E-state index in [9.17, 15) is 14.7 Å². The van der Waals surface area contributed by atoms with Crippen LogP contribution in [0.1, 0.15) is 12.5 Å². The van der Waals surface area contributed by atoms with Gasteiger partial charge in [-0.15, -0.1) is 0 Å². The molecule has 5 aromatic rings. The first-order chi connectivity index (χ1) is 18.4. The number of ether oxygens (including phenoxy) is 3. The second-order valence-corrected chi connectivity index (χ2v) is 8.27. The predicted octanol–water partition coefficient (Wildman–Crippen LogP) is 4.56. The van der Waals surface area contributed by atoms with E-state index in [2.05, 4.69) is 10.1 Å². The molecular formula is C28H23N3O7. The normalized spacial score (nSPS) is 12.2. The summed E-state index contributed by atoms with van der Waals surface area (Å²) in [6.07, 6.45) is 0.237. The van der Waals surface area contributed by atoms with E-state index < -0.39 is 17.6 Å². The fourth-order valence-electron chi connectivity index (χ4n) is 3.98. The van der Waals surface area contributed by atoms with Crippen molar-refractivity contribution in [3.05, 3.63) is 82.6 Å². The van der Waals surface area contributed by atoms with E-state index in [1.807, 2.05) is 6.07 Å². The lowest BCUT2D eigenvalue weighted by Gasteiger charge is -2.16. The SMILES string of the molecule is COc1cccc(C=Nn2c(-c3cc4c(OC)cccc4o3)nc3ccccc3c2=O)c1O[C@@H](C)C(=O)O. The van der Waals surface area contributed by atoms with Crippen molar-refractivity contribution in [2.45, 2.75) is 13.0 Å². The molecule has 0 spiro atoms. The quantitative estimate of drug-likeness (QED) is 0.299. The van der Waals surface area contributed by atoms with Gasteiger partial charge in [0.05, 0.1) is 36.7 Å². The highest BCUT2D eigenvalue weighted by atomic mass is 16.5. The van der Waals surface area contributed by atoms with Crippen LogP contribution in [-0.4, -0.2) is 47.3 Å². The molecule has 5 rings (SSSR count). The average Bonchev–Trinajstić information content (AvgIpc) is 3.37. The number of aliphatic carboxylic acids is 1. The minimum atomic E-state index is -1.15. The number of carbonyl (C=O) groups is 1. The molecule has 38 heavy (non-hydrogen) atoms. The lowest BCUT2D eigenvalue weighted by Crippen LogP contribution is -2.24. The number of aromatic nitrogens is 2. The zero-order chi connectivity index (χ0) is 26.8. The molecule has 0 unspecified atom stereocenters. The zero-order valence-corrected chi connectivity index (χ0v) is 20.7. The maximum atomic E-state index is 13.6. The van der Waals surface area contributed by atoms with E-state index in [4.69, 9.17) is 18.6 Å². The molecular weight excluding hydrogens is 490 g/mol. The monoisotopic (exact) mass is 513 g/mol. The molecule has 0 amide bonds. The largest absolute Gasteiger partial charge is 0.496 e. The third-order valence-corrected chi connectivity index (χ3v) is 5.90. The molecule has 2 heterocycles. The van der Waals surface area contributed by atoms with Crippen molar-refractivity contribution in [1.82, 2.24) is 9.66 Å². The molecule has 0 radical (unpaired) electrons. The summed E-state index contributed by atoms with van der Waals surface area (Å²) in [7, 11) is 3.01. The highest BCUT2D eigenvalue weighted by Gasteiger charge is 2.20. The van der Waals surface area contributed by atoms with Gasteiger partial charge in [0.1, 0.15) is 11.3 Å². The Kier molecular flexibility index (Phi) is 6.53. The van der Waals surface area contributed by atoms with Gasteiger partial charge in [0, 0.05) is 5.56 Å². The third-order valence-electron chi connectivity index (χ3n) is 5.90. The van der Waals surface area contributed by atoms with Crippen LogP contribution in [0.5, 0.6) is 17.2 Å². The van der Waals surface area contributed by atoms with Gasteiger partial charge in [0.15, 0.2) is 23.4 Å². The van der Waals surface area contributed by atoms with Crippen LogP contribution in [0.4, 0.5) is 0 Å². The Hall–Kier alpha value is -5.12. The summed E-state index contributed by atoms with van der Waals surface area (Å²) in [5, 5.41) is 14.9. The van der Waals surface area contributed by atoms with Gasteiger partial charge in [-0.1, -0.05) is 24.3 Å². The summed E-state index contributed by atoms with van der Waals surface area (Å²) >= 11 is 0. The zero-order valence-electron chi connectivity index (χ0n) is 20.7. The second-order valence-electron chi connectivity index (χ2n) is 8.27. The summed E-state index contributed by atoms with van der Waals surface area (Å²) in [5.74, 6) is 0.442. The molecule has 192 valence electrons. The number of methoxy groups -OCH3 is 2. The van der Waals surface area contributed by atoms with Crippen molar-refractivity contribution < 1.29 is 28.5 Å². The summed E-state index contributed by atoms with van der Waals surface area (Å²) in [4.78, 5) is 29.7. The number of hydrogen-bond acceptors (Lipinski definition) is 8. The molecule has 0 fully saturated rings. The third kappa shape index (κ3) is 4.43. The van der Waals surface area contributed by atoms with Gasteiger partial charge in [-0.3, -0.25) is 4.79 Å². The van der Waals surface area contributed by atoms with Crippen LogP contribution in [0.3, 0.4) is 0 Å². The van der Waals surface area contributed by atoms with Crippen LogP contribution in [0.15, 0.2) is 81.0 Å². The van der Waals surface area contributed by atoms with E-state index in [-0.39, 0.29) is 11.6 Å². The number of rotatable bonds is 8. The molecule has 1 atom stereocenters. The number of fused-ring (bicyclic) bond motifs is 2. The first kappa shape index (κ1) is 24.6. The summed E-state index contributed by atoms with van der Waals surface area (Å²) in [5.41, 5.74) is 1.02. The van der Waals surface area contributed by atoms with Gasteiger partial charge in [-0.2, -0.15) is 9.78 Å². The Bertz CT molecular complexity index is 1750. The number of para-hydroxylation sites is 2. The molecule has 2 aromatic heterocycles. The minimum absolute atomic E-state index is 0.172. The first-order valence-electron chi connectivity index (χ1n) is 11.6. The molecule has 3 aromatic carbocycles. The van der Waals surface area contributed by atoms with Gasteiger partial charge in [0.25, 0.3) is 5.56 Å². The van der Waals surface area contributed by atoms with Crippen molar-refractivity contribution in [2.75, 3.05) is 14.2 Å². The second kappa shape index (κ2) is 10.1. The number of benzene rings is 3. The van der Waals surface area contributed by atoms with Crippen LogP contribution in [0, 0.1) is 0 Å². The summed E-state index contributed by atoms with van der Waals surface area (Å²) < 4.78 is 23.6. The Morgan fingerprint density at radius 3 is 2.53 bits per heavy atom. The maximum Gasteiger partial charge on any atom is 0.344 e. The fourth-order valence-corrected chi connectivity index (χ4v) is 3.98. The molecule has 0 saturated carbocycles. The maximum absolute atomic E-state index is 13.6.